The molecule has 1 atom stereocenters. The summed E-state index contributed by atoms with van der Waals surface area (Å²) in [5.41, 5.74) is 7.32. The van der Waals surface area contributed by atoms with Gasteiger partial charge < -0.3 is 5.73 Å². The van der Waals surface area contributed by atoms with Gasteiger partial charge in [-0.15, -0.1) is 0 Å². The smallest absolute Gasteiger partial charge is 0.244 e. The molecule has 0 aliphatic heterocycles. The van der Waals surface area contributed by atoms with Crippen LogP contribution in [0.15, 0.2) is 41.6 Å². The van der Waals surface area contributed by atoms with Gasteiger partial charge in [-0.2, -0.15) is 5.10 Å². The van der Waals surface area contributed by atoms with Crippen molar-refractivity contribution in [2.75, 3.05) is 5.73 Å². The van der Waals surface area contributed by atoms with Crippen LogP contribution >= 0.6 is 0 Å². The maximum Gasteiger partial charge on any atom is 0.244 e. The van der Waals surface area contributed by atoms with Gasteiger partial charge in [0.15, 0.2) is 0 Å². The van der Waals surface area contributed by atoms with E-state index >= 15 is 0 Å². The molecule has 0 radical (unpaired) electrons. The zero-order valence-corrected chi connectivity index (χ0v) is 13.1. The zero-order valence-electron chi connectivity index (χ0n) is 12.3. The summed E-state index contributed by atoms with van der Waals surface area (Å²) in [4.78, 5) is 0.144. The number of benzene rings is 1. The Morgan fingerprint density at radius 3 is 2.48 bits per heavy atom. The summed E-state index contributed by atoms with van der Waals surface area (Å²) in [6.07, 6.45) is 2.79. The first-order valence-corrected chi connectivity index (χ1v) is 8.15. The number of aromatic nitrogens is 2. The fourth-order valence-electron chi connectivity index (χ4n) is 2.13. The molecule has 2 aromatic rings. The minimum atomic E-state index is -3.64. The van der Waals surface area contributed by atoms with Gasteiger partial charge in [0, 0.05) is 18.9 Å². The molecule has 0 amide bonds. The van der Waals surface area contributed by atoms with Crippen LogP contribution in [-0.4, -0.2) is 18.2 Å². The fourth-order valence-corrected chi connectivity index (χ4v) is 3.47. The first kappa shape index (κ1) is 15.5. The number of para-hydroxylation sites is 1. The molecule has 0 aliphatic carbocycles. The van der Waals surface area contributed by atoms with Crippen molar-refractivity contribution >= 4 is 15.7 Å². The number of sulfonamides is 1. The van der Waals surface area contributed by atoms with E-state index < -0.39 is 16.1 Å². The Balaban J connectivity index is 2.35. The molecule has 0 fully saturated rings. The molecule has 1 aromatic heterocycles. The second kappa shape index (κ2) is 5.87. The molecule has 1 aromatic carbocycles. The predicted octanol–water partition coefficient (Wildman–Crippen LogP) is 1.68. The second-order valence-corrected chi connectivity index (χ2v) is 7.04. The van der Waals surface area contributed by atoms with Crippen LogP contribution in [0, 0.1) is 5.92 Å². The van der Waals surface area contributed by atoms with Crippen LogP contribution in [0.3, 0.4) is 0 Å². The molecule has 0 saturated heterocycles. The summed E-state index contributed by atoms with van der Waals surface area (Å²) in [6.45, 7) is 3.89. The number of rotatable bonds is 5. The maximum absolute atomic E-state index is 12.4. The van der Waals surface area contributed by atoms with Crippen LogP contribution in [-0.2, 0) is 17.1 Å². The fraction of sp³-hybridized carbons (Fsp3) is 0.357. The highest BCUT2D eigenvalue weighted by Gasteiger charge is 2.26. The molecule has 21 heavy (non-hydrogen) atoms. The Morgan fingerprint density at radius 2 is 1.95 bits per heavy atom. The van der Waals surface area contributed by atoms with E-state index in [9.17, 15) is 8.42 Å². The lowest BCUT2D eigenvalue weighted by atomic mass is 9.96. The monoisotopic (exact) mass is 308 g/mol. The number of nitrogens with two attached hydrogens (primary N) is 1. The van der Waals surface area contributed by atoms with E-state index in [0.717, 1.165) is 5.56 Å². The highest BCUT2D eigenvalue weighted by Crippen LogP contribution is 2.28. The van der Waals surface area contributed by atoms with Crippen molar-refractivity contribution in [2.45, 2.75) is 24.8 Å². The second-order valence-electron chi connectivity index (χ2n) is 5.32. The Hall–Kier alpha value is -1.86. The first-order chi connectivity index (χ1) is 9.81. The van der Waals surface area contributed by atoms with Gasteiger partial charge >= 0.3 is 0 Å². The van der Waals surface area contributed by atoms with E-state index in [0.29, 0.717) is 5.69 Å². The van der Waals surface area contributed by atoms with Gasteiger partial charge in [0.2, 0.25) is 10.0 Å². The number of nitrogens with zero attached hydrogens (tertiary/aromatic N) is 2. The number of hydrogen-bond donors (Lipinski definition) is 2. The lowest BCUT2D eigenvalue weighted by Gasteiger charge is -2.23. The lowest BCUT2D eigenvalue weighted by Crippen LogP contribution is -2.32. The average molecular weight is 308 g/mol. The molecule has 0 saturated carbocycles. The van der Waals surface area contributed by atoms with Gasteiger partial charge in [0.25, 0.3) is 0 Å². The molecular formula is C14H20N4O2S. The quantitative estimate of drug-likeness (QED) is 0.822. The predicted molar refractivity (Wildman–Crippen MR) is 82.0 cm³/mol. The molecule has 0 unspecified atom stereocenters. The van der Waals surface area contributed by atoms with E-state index in [1.54, 1.807) is 13.1 Å². The van der Waals surface area contributed by atoms with E-state index in [-0.39, 0.29) is 10.8 Å². The van der Waals surface area contributed by atoms with Crippen LogP contribution in [0.25, 0.3) is 0 Å². The molecule has 0 bridgehead atoms. The number of aryl methyl sites for hydroxylation is 1. The number of hydrogen-bond acceptors (Lipinski definition) is 4. The molecule has 114 valence electrons. The van der Waals surface area contributed by atoms with Crippen molar-refractivity contribution in [1.29, 1.82) is 0 Å². The Labute approximate surface area is 125 Å². The summed E-state index contributed by atoms with van der Waals surface area (Å²) in [5.74, 6) is 0.0566. The minimum Gasteiger partial charge on any atom is -0.398 e. The molecule has 0 spiro atoms. The highest BCUT2D eigenvalue weighted by atomic mass is 32.2. The van der Waals surface area contributed by atoms with Crippen LogP contribution in [0.5, 0.6) is 0 Å². The molecule has 0 aliphatic rings. The number of anilines is 1. The van der Waals surface area contributed by atoms with Crippen molar-refractivity contribution in [3.63, 3.8) is 0 Å². The van der Waals surface area contributed by atoms with Crippen molar-refractivity contribution in [2.24, 2.45) is 13.0 Å². The van der Waals surface area contributed by atoms with Crippen LogP contribution in [0.4, 0.5) is 5.69 Å². The van der Waals surface area contributed by atoms with E-state index in [4.69, 9.17) is 5.73 Å². The number of nitrogens with one attached hydrogen (secondary N) is 1. The molecule has 1 heterocycles. The highest BCUT2D eigenvalue weighted by molar-refractivity contribution is 7.89. The van der Waals surface area contributed by atoms with Gasteiger partial charge in [-0.25, -0.2) is 13.1 Å². The topological polar surface area (TPSA) is 90.0 Å². The van der Waals surface area contributed by atoms with E-state index in [2.05, 4.69) is 9.82 Å². The maximum atomic E-state index is 12.4. The third-order valence-electron chi connectivity index (χ3n) is 3.27. The van der Waals surface area contributed by atoms with Crippen molar-refractivity contribution in [3.8, 4) is 0 Å². The minimum absolute atomic E-state index is 0.0566. The summed E-state index contributed by atoms with van der Waals surface area (Å²) >= 11 is 0. The summed E-state index contributed by atoms with van der Waals surface area (Å²) in [5, 5.41) is 3.90. The van der Waals surface area contributed by atoms with Crippen LogP contribution in [0.2, 0.25) is 0 Å². The van der Waals surface area contributed by atoms with Gasteiger partial charge in [0.1, 0.15) is 4.90 Å². The zero-order chi connectivity index (χ0) is 15.6. The Bertz CT molecular complexity index is 722. The van der Waals surface area contributed by atoms with E-state index in [1.165, 1.54) is 17.1 Å². The van der Waals surface area contributed by atoms with Gasteiger partial charge in [-0.1, -0.05) is 32.0 Å². The molecule has 6 nitrogen and oxygen atoms in total. The van der Waals surface area contributed by atoms with Crippen LogP contribution in [0.1, 0.15) is 25.5 Å². The number of nitrogen functional groups attached to an aromatic ring is 1. The molecular weight excluding hydrogens is 288 g/mol. The normalized spacial score (nSPS) is 13.5. The van der Waals surface area contributed by atoms with Crippen LogP contribution < -0.4 is 10.5 Å². The molecule has 7 heteroatoms. The molecule has 3 N–H and O–H groups in total. The summed E-state index contributed by atoms with van der Waals surface area (Å²) < 4.78 is 29.1. The lowest BCUT2D eigenvalue weighted by molar-refractivity contribution is 0.464. The Morgan fingerprint density at radius 1 is 1.29 bits per heavy atom. The Kier molecular flexibility index (Phi) is 4.34. The van der Waals surface area contributed by atoms with Gasteiger partial charge in [-0.3, -0.25) is 4.68 Å². The first-order valence-electron chi connectivity index (χ1n) is 6.66. The average Bonchev–Trinajstić information content (AvgIpc) is 2.84. The standard InChI is InChI=1S/C14H20N4O2S/c1-10(2)14(12-6-4-5-7-13(12)15)17-21(19,20)11-8-16-18(3)9-11/h4-10,14,17H,15H2,1-3H3/t14-/m0/s1. The largest absolute Gasteiger partial charge is 0.398 e. The SMILES string of the molecule is CC(C)[C@H](NS(=O)(=O)c1cnn(C)c1)c1ccccc1N. The van der Waals surface area contributed by atoms with Crippen molar-refractivity contribution in [1.82, 2.24) is 14.5 Å². The van der Waals surface area contributed by atoms with Gasteiger partial charge in [0.05, 0.1) is 12.2 Å². The molecule has 2 rings (SSSR count). The third kappa shape index (κ3) is 3.43. The summed E-state index contributed by atoms with van der Waals surface area (Å²) in [6, 6.07) is 6.89. The van der Waals surface area contributed by atoms with E-state index in [1.807, 2.05) is 32.0 Å². The third-order valence-corrected chi connectivity index (χ3v) is 4.67. The summed E-state index contributed by atoms with van der Waals surface area (Å²) in [7, 11) is -1.96. The van der Waals surface area contributed by atoms with Crippen molar-refractivity contribution < 1.29 is 8.42 Å². The van der Waals surface area contributed by atoms with Gasteiger partial charge in [-0.05, 0) is 17.5 Å². The van der Waals surface area contributed by atoms with Crippen molar-refractivity contribution in [3.05, 3.63) is 42.2 Å².